The Labute approximate surface area is 161 Å². The van der Waals surface area contributed by atoms with Gasteiger partial charge in [-0.05, 0) is 36.6 Å². The highest BCUT2D eigenvalue weighted by Crippen LogP contribution is 2.17. The predicted octanol–water partition coefficient (Wildman–Crippen LogP) is 4.08. The van der Waals surface area contributed by atoms with Crippen molar-refractivity contribution in [3.05, 3.63) is 77.6 Å². The van der Waals surface area contributed by atoms with E-state index < -0.39 is 0 Å². The molecule has 0 unspecified atom stereocenters. The molecule has 0 atom stereocenters. The second-order valence-electron chi connectivity index (χ2n) is 6.53. The molecule has 5 nitrogen and oxygen atoms in total. The minimum Gasteiger partial charge on any atom is -0.497 e. The quantitative estimate of drug-likeness (QED) is 0.654. The lowest BCUT2D eigenvalue weighted by Crippen LogP contribution is -2.19. The van der Waals surface area contributed by atoms with Crippen LogP contribution in [0.15, 0.2) is 60.7 Å². The van der Waals surface area contributed by atoms with Crippen LogP contribution in [0.3, 0.4) is 0 Å². The van der Waals surface area contributed by atoms with Gasteiger partial charge in [0.2, 0.25) is 0 Å². The molecule has 0 radical (unpaired) electrons. The third kappa shape index (κ3) is 5.45. The lowest BCUT2D eigenvalue weighted by molar-refractivity contribution is 0.414. The van der Waals surface area contributed by atoms with Crippen LogP contribution in [0.25, 0.3) is 0 Å². The topological polar surface area (TPSA) is 50.3 Å². The van der Waals surface area contributed by atoms with Crippen molar-refractivity contribution in [1.82, 2.24) is 9.97 Å². The van der Waals surface area contributed by atoms with E-state index in [-0.39, 0.29) is 0 Å². The second-order valence-corrected chi connectivity index (χ2v) is 6.53. The van der Waals surface area contributed by atoms with Gasteiger partial charge >= 0.3 is 0 Å². The van der Waals surface area contributed by atoms with Crippen molar-refractivity contribution in [2.75, 3.05) is 30.9 Å². The number of hydrogen-bond donors (Lipinski definition) is 1. The van der Waals surface area contributed by atoms with Crippen LogP contribution >= 0.6 is 0 Å². The Hall–Kier alpha value is -3.08. The molecule has 0 saturated carbocycles. The summed E-state index contributed by atoms with van der Waals surface area (Å²) in [5.41, 5.74) is 2.51. The van der Waals surface area contributed by atoms with Gasteiger partial charge in [0.05, 0.1) is 7.11 Å². The first kappa shape index (κ1) is 18.7. The summed E-state index contributed by atoms with van der Waals surface area (Å²) in [5, 5.41) is 3.41. The standard InChI is InChI=1S/C22H26N4O/c1-17-24-21(23-14-13-18-9-11-20(27-3)12-10-18)15-22(25-17)26(2)16-19-7-5-4-6-8-19/h4-12,15H,13-14,16H2,1-3H3,(H,23,24,25). The number of methoxy groups -OCH3 is 1. The lowest BCUT2D eigenvalue weighted by atomic mass is 10.1. The van der Waals surface area contributed by atoms with Crippen LogP contribution in [0, 0.1) is 6.92 Å². The maximum Gasteiger partial charge on any atom is 0.134 e. The number of rotatable bonds is 8. The Kier molecular flexibility index (Phi) is 6.26. The summed E-state index contributed by atoms with van der Waals surface area (Å²) < 4.78 is 5.20. The number of hydrogen-bond acceptors (Lipinski definition) is 5. The molecule has 27 heavy (non-hydrogen) atoms. The average Bonchev–Trinajstić information content (AvgIpc) is 2.69. The number of anilines is 2. The molecule has 3 aromatic rings. The molecule has 1 heterocycles. The Balaban J connectivity index is 1.60. The van der Waals surface area contributed by atoms with Crippen molar-refractivity contribution in [3.63, 3.8) is 0 Å². The number of aromatic nitrogens is 2. The highest BCUT2D eigenvalue weighted by atomic mass is 16.5. The summed E-state index contributed by atoms with van der Waals surface area (Å²) in [6.45, 7) is 3.54. The van der Waals surface area contributed by atoms with Gasteiger partial charge in [0.25, 0.3) is 0 Å². The minimum atomic E-state index is 0.763. The zero-order valence-corrected chi connectivity index (χ0v) is 16.1. The van der Waals surface area contributed by atoms with Gasteiger partial charge in [0, 0.05) is 26.2 Å². The van der Waals surface area contributed by atoms with Crippen molar-refractivity contribution in [2.24, 2.45) is 0 Å². The van der Waals surface area contributed by atoms with E-state index in [2.05, 4.69) is 63.6 Å². The first-order valence-electron chi connectivity index (χ1n) is 9.11. The molecule has 0 aliphatic rings. The molecular weight excluding hydrogens is 336 g/mol. The maximum absolute atomic E-state index is 5.20. The molecule has 1 aromatic heterocycles. The summed E-state index contributed by atoms with van der Waals surface area (Å²) in [5.74, 6) is 3.41. The monoisotopic (exact) mass is 362 g/mol. The van der Waals surface area contributed by atoms with Crippen LogP contribution in [-0.2, 0) is 13.0 Å². The molecule has 0 saturated heterocycles. The van der Waals surface area contributed by atoms with Gasteiger partial charge in [-0.2, -0.15) is 0 Å². The Morgan fingerprint density at radius 2 is 1.70 bits per heavy atom. The van der Waals surface area contributed by atoms with Crippen molar-refractivity contribution >= 4 is 11.6 Å². The van der Waals surface area contributed by atoms with Gasteiger partial charge in [-0.3, -0.25) is 0 Å². The molecular formula is C22H26N4O. The van der Waals surface area contributed by atoms with Gasteiger partial charge in [0.1, 0.15) is 23.2 Å². The van der Waals surface area contributed by atoms with E-state index in [1.807, 2.05) is 31.2 Å². The van der Waals surface area contributed by atoms with E-state index in [4.69, 9.17) is 4.74 Å². The number of nitrogens with zero attached hydrogens (tertiary/aromatic N) is 3. The molecule has 0 bridgehead atoms. The molecule has 140 valence electrons. The number of nitrogens with one attached hydrogen (secondary N) is 1. The van der Waals surface area contributed by atoms with E-state index in [9.17, 15) is 0 Å². The molecule has 0 fully saturated rings. The van der Waals surface area contributed by atoms with Gasteiger partial charge in [-0.15, -0.1) is 0 Å². The van der Waals surface area contributed by atoms with Crippen molar-refractivity contribution in [1.29, 1.82) is 0 Å². The Bertz CT molecular complexity index is 850. The molecule has 5 heteroatoms. The van der Waals surface area contributed by atoms with E-state index in [0.717, 1.165) is 42.7 Å². The number of benzene rings is 2. The lowest BCUT2D eigenvalue weighted by Gasteiger charge is -2.19. The van der Waals surface area contributed by atoms with Crippen LogP contribution in [0.5, 0.6) is 5.75 Å². The molecule has 0 amide bonds. The van der Waals surface area contributed by atoms with Crippen molar-refractivity contribution in [3.8, 4) is 5.75 Å². The molecule has 0 aliphatic carbocycles. The number of ether oxygens (including phenoxy) is 1. The highest BCUT2D eigenvalue weighted by molar-refractivity contribution is 5.49. The zero-order valence-electron chi connectivity index (χ0n) is 16.1. The van der Waals surface area contributed by atoms with E-state index in [1.165, 1.54) is 11.1 Å². The molecule has 0 spiro atoms. The van der Waals surface area contributed by atoms with E-state index in [0.29, 0.717) is 0 Å². The van der Waals surface area contributed by atoms with Gasteiger partial charge in [-0.25, -0.2) is 9.97 Å². The number of aryl methyl sites for hydroxylation is 1. The van der Waals surface area contributed by atoms with Crippen LogP contribution in [0.1, 0.15) is 17.0 Å². The van der Waals surface area contributed by atoms with Gasteiger partial charge in [-0.1, -0.05) is 42.5 Å². The third-order valence-corrected chi connectivity index (χ3v) is 4.36. The second kappa shape index (κ2) is 9.03. The maximum atomic E-state index is 5.20. The molecule has 1 N–H and O–H groups in total. The van der Waals surface area contributed by atoms with Crippen LogP contribution in [0.4, 0.5) is 11.6 Å². The van der Waals surface area contributed by atoms with Crippen LogP contribution < -0.4 is 15.0 Å². The summed E-state index contributed by atoms with van der Waals surface area (Å²) >= 11 is 0. The molecule has 3 rings (SSSR count). The largest absolute Gasteiger partial charge is 0.497 e. The summed E-state index contributed by atoms with van der Waals surface area (Å²) in [6.07, 6.45) is 0.919. The van der Waals surface area contributed by atoms with Crippen LogP contribution in [-0.4, -0.2) is 30.7 Å². The first-order chi connectivity index (χ1) is 13.1. The normalized spacial score (nSPS) is 10.5. The fraction of sp³-hybridized carbons (Fsp3) is 0.273. The van der Waals surface area contributed by atoms with E-state index >= 15 is 0 Å². The fourth-order valence-electron chi connectivity index (χ4n) is 2.90. The Morgan fingerprint density at radius 1 is 0.963 bits per heavy atom. The van der Waals surface area contributed by atoms with Gasteiger partial charge < -0.3 is 15.0 Å². The summed E-state index contributed by atoms with van der Waals surface area (Å²) in [4.78, 5) is 11.2. The third-order valence-electron chi connectivity index (χ3n) is 4.36. The summed E-state index contributed by atoms with van der Waals surface area (Å²) in [6, 6.07) is 20.5. The highest BCUT2D eigenvalue weighted by Gasteiger charge is 2.07. The molecule has 2 aromatic carbocycles. The SMILES string of the molecule is COc1ccc(CCNc2cc(N(C)Cc3ccccc3)nc(C)n2)cc1. The summed E-state index contributed by atoms with van der Waals surface area (Å²) in [7, 11) is 3.73. The van der Waals surface area contributed by atoms with Gasteiger partial charge in [0.15, 0.2) is 0 Å². The van der Waals surface area contributed by atoms with E-state index in [1.54, 1.807) is 7.11 Å². The van der Waals surface area contributed by atoms with Crippen molar-refractivity contribution in [2.45, 2.75) is 19.9 Å². The Morgan fingerprint density at radius 3 is 2.41 bits per heavy atom. The molecule has 0 aliphatic heterocycles. The fourth-order valence-corrected chi connectivity index (χ4v) is 2.90. The first-order valence-corrected chi connectivity index (χ1v) is 9.11. The predicted molar refractivity (Wildman–Crippen MR) is 111 cm³/mol. The van der Waals surface area contributed by atoms with Crippen molar-refractivity contribution < 1.29 is 4.74 Å². The van der Waals surface area contributed by atoms with Crippen LogP contribution in [0.2, 0.25) is 0 Å². The smallest absolute Gasteiger partial charge is 0.134 e. The average molecular weight is 362 g/mol. The minimum absolute atomic E-state index is 0.763. The zero-order chi connectivity index (χ0) is 19.1.